The number of benzene rings is 1. The third kappa shape index (κ3) is 3.99. The number of nitrogens with one attached hydrogen (secondary N) is 2. The molecule has 0 aliphatic rings. The zero-order valence-corrected chi connectivity index (χ0v) is 13.7. The van der Waals surface area contributed by atoms with Gasteiger partial charge in [0.05, 0.1) is 13.7 Å². The molecule has 6 heteroatoms. The van der Waals surface area contributed by atoms with Gasteiger partial charge in [0.25, 0.3) is 0 Å². The molecule has 2 aromatic rings. The number of thiophene rings is 1. The molecule has 1 aromatic carbocycles. The zero-order valence-electron chi connectivity index (χ0n) is 12.8. The first-order chi connectivity index (χ1) is 10.4. The van der Waals surface area contributed by atoms with Crippen LogP contribution >= 0.6 is 11.3 Å². The summed E-state index contributed by atoms with van der Waals surface area (Å²) in [7, 11) is 1.60. The molecule has 2 rings (SSSR count). The van der Waals surface area contributed by atoms with Gasteiger partial charge < -0.3 is 20.5 Å². The van der Waals surface area contributed by atoms with E-state index in [1.807, 2.05) is 29.8 Å². The molecule has 0 spiro atoms. The van der Waals surface area contributed by atoms with Crippen LogP contribution in [-0.4, -0.2) is 24.8 Å². The number of aryl methyl sites for hydroxylation is 1. The predicted octanol–water partition coefficient (Wildman–Crippen LogP) is 3.09. The Labute approximate surface area is 133 Å². The number of amides is 2. The highest BCUT2D eigenvalue weighted by Crippen LogP contribution is 2.23. The van der Waals surface area contributed by atoms with E-state index in [0.717, 1.165) is 16.9 Å². The van der Waals surface area contributed by atoms with Crippen molar-refractivity contribution in [3.8, 4) is 5.75 Å². The van der Waals surface area contributed by atoms with Crippen molar-refractivity contribution in [1.29, 1.82) is 0 Å². The van der Waals surface area contributed by atoms with E-state index < -0.39 is 5.60 Å². The van der Waals surface area contributed by atoms with E-state index in [1.165, 1.54) is 11.3 Å². The Morgan fingerprint density at radius 3 is 2.77 bits per heavy atom. The van der Waals surface area contributed by atoms with E-state index in [9.17, 15) is 9.90 Å². The summed E-state index contributed by atoms with van der Waals surface area (Å²) in [5.41, 5.74) is 1.30. The number of methoxy groups -OCH3 is 1. The third-order valence-corrected chi connectivity index (χ3v) is 4.10. The topological polar surface area (TPSA) is 70.6 Å². The lowest BCUT2D eigenvalue weighted by atomic mass is 9.99. The summed E-state index contributed by atoms with van der Waals surface area (Å²) in [5, 5.41) is 19.6. The molecule has 1 unspecified atom stereocenters. The lowest BCUT2D eigenvalue weighted by Gasteiger charge is -2.23. The molecule has 0 aliphatic heterocycles. The SMILES string of the molecule is COc1ccc(NC(=O)NCC(C)(O)c2ccsc2)c(C)c1. The second kappa shape index (κ2) is 6.81. The normalized spacial score (nSPS) is 13.3. The van der Waals surface area contributed by atoms with Crippen molar-refractivity contribution in [2.45, 2.75) is 19.4 Å². The van der Waals surface area contributed by atoms with Crippen LogP contribution in [-0.2, 0) is 5.60 Å². The fraction of sp³-hybridized carbons (Fsp3) is 0.312. The molecule has 0 radical (unpaired) electrons. The van der Waals surface area contributed by atoms with Gasteiger partial charge in [0.15, 0.2) is 0 Å². The summed E-state index contributed by atoms with van der Waals surface area (Å²) >= 11 is 1.51. The summed E-state index contributed by atoms with van der Waals surface area (Å²) in [5.74, 6) is 0.740. The Morgan fingerprint density at radius 1 is 1.41 bits per heavy atom. The van der Waals surface area contributed by atoms with E-state index in [1.54, 1.807) is 26.2 Å². The first-order valence-corrected chi connectivity index (χ1v) is 7.81. The maximum absolute atomic E-state index is 12.0. The van der Waals surface area contributed by atoms with Crippen LogP contribution in [0.15, 0.2) is 35.0 Å². The predicted molar refractivity (Wildman–Crippen MR) is 88.6 cm³/mol. The first-order valence-electron chi connectivity index (χ1n) is 6.87. The van der Waals surface area contributed by atoms with Crippen LogP contribution in [0.25, 0.3) is 0 Å². The highest BCUT2D eigenvalue weighted by atomic mass is 32.1. The minimum Gasteiger partial charge on any atom is -0.497 e. The number of rotatable bonds is 5. The summed E-state index contributed by atoms with van der Waals surface area (Å²) in [6.45, 7) is 3.69. The van der Waals surface area contributed by atoms with Crippen molar-refractivity contribution in [3.05, 3.63) is 46.2 Å². The average Bonchev–Trinajstić information content (AvgIpc) is 3.02. The molecule has 1 aromatic heterocycles. The molecule has 5 nitrogen and oxygen atoms in total. The zero-order chi connectivity index (χ0) is 16.2. The van der Waals surface area contributed by atoms with Crippen LogP contribution in [0.4, 0.5) is 10.5 Å². The van der Waals surface area contributed by atoms with E-state index >= 15 is 0 Å². The van der Waals surface area contributed by atoms with Gasteiger partial charge >= 0.3 is 6.03 Å². The molecule has 3 N–H and O–H groups in total. The Hall–Kier alpha value is -2.05. The number of carbonyl (C=O) groups excluding carboxylic acids is 1. The minimum absolute atomic E-state index is 0.130. The van der Waals surface area contributed by atoms with E-state index in [4.69, 9.17) is 4.74 Å². The lowest BCUT2D eigenvalue weighted by molar-refractivity contribution is 0.0604. The van der Waals surface area contributed by atoms with Crippen LogP contribution < -0.4 is 15.4 Å². The Morgan fingerprint density at radius 2 is 2.18 bits per heavy atom. The van der Waals surface area contributed by atoms with Crippen molar-refractivity contribution in [2.75, 3.05) is 19.0 Å². The first kappa shape index (κ1) is 16.3. The van der Waals surface area contributed by atoms with E-state index in [0.29, 0.717) is 5.69 Å². The molecular weight excluding hydrogens is 300 g/mol. The van der Waals surface area contributed by atoms with Gasteiger partial charge in [0.2, 0.25) is 0 Å². The number of hydrogen-bond donors (Lipinski definition) is 3. The fourth-order valence-corrected chi connectivity index (χ4v) is 2.78. The Bertz CT molecular complexity index is 639. The van der Waals surface area contributed by atoms with Gasteiger partial charge in [0, 0.05) is 5.69 Å². The van der Waals surface area contributed by atoms with Crippen molar-refractivity contribution in [2.24, 2.45) is 0 Å². The minimum atomic E-state index is -1.09. The van der Waals surface area contributed by atoms with Crippen LogP contribution in [0.5, 0.6) is 5.75 Å². The largest absolute Gasteiger partial charge is 0.497 e. The highest BCUT2D eigenvalue weighted by molar-refractivity contribution is 7.08. The summed E-state index contributed by atoms with van der Waals surface area (Å²) in [6.07, 6.45) is 0. The second-order valence-electron chi connectivity index (χ2n) is 5.27. The number of carbonyl (C=O) groups is 1. The van der Waals surface area contributed by atoms with Gasteiger partial charge in [-0.1, -0.05) is 0 Å². The molecule has 0 saturated heterocycles. The number of aliphatic hydroxyl groups is 1. The van der Waals surface area contributed by atoms with Gasteiger partial charge in [-0.3, -0.25) is 0 Å². The highest BCUT2D eigenvalue weighted by Gasteiger charge is 2.24. The number of urea groups is 1. The van der Waals surface area contributed by atoms with Gasteiger partial charge in [0.1, 0.15) is 11.4 Å². The maximum Gasteiger partial charge on any atom is 0.319 e. The summed E-state index contributed by atoms with van der Waals surface area (Å²) in [4.78, 5) is 12.0. The molecule has 1 heterocycles. The van der Waals surface area contributed by atoms with Gasteiger partial charge in [-0.2, -0.15) is 11.3 Å². The van der Waals surface area contributed by atoms with Crippen LogP contribution in [0, 0.1) is 6.92 Å². The Balaban J connectivity index is 1.93. The lowest BCUT2D eigenvalue weighted by Crippen LogP contribution is -2.40. The fourth-order valence-electron chi connectivity index (χ4n) is 2.00. The molecule has 2 amide bonds. The molecule has 118 valence electrons. The monoisotopic (exact) mass is 320 g/mol. The van der Waals surface area contributed by atoms with Crippen LogP contribution in [0.2, 0.25) is 0 Å². The van der Waals surface area contributed by atoms with Gasteiger partial charge in [-0.05, 0) is 60.0 Å². The molecule has 22 heavy (non-hydrogen) atoms. The summed E-state index contributed by atoms with van der Waals surface area (Å²) < 4.78 is 5.13. The van der Waals surface area contributed by atoms with E-state index in [-0.39, 0.29) is 12.6 Å². The third-order valence-electron chi connectivity index (χ3n) is 3.42. The quantitative estimate of drug-likeness (QED) is 0.793. The van der Waals surface area contributed by atoms with Crippen molar-refractivity contribution in [3.63, 3.8) is 0 Å². The molecular formula is C16H20N2O3S. The maximum atomic E-state index is 12.0. The van der Waals surface area contributed by atoms with Crippen molar-refractivity contribution >= 4 is 23.1 Å². The van der Waals surface area contributed by atoms with Crippen molar-refractivity contribution in [1.82, 2.24) is 5.32 Å². The Kier molecular flexibility index (Phi) is 5.05. The average molecular weight is 320 g/mol. The van der Waals surface area contributed by atoms with Crippen LogP contribution in [0.1, 0.15) is 18.1 Å². The molecule has 1 atom stereocenters. The van der Waals surface area contributed by atoms with Crippen molar-refractivity contribution < 1.29 is 14.6 Å². The molecule has 0 bridgehead atoms. The van der Waals surface area contributed by atoms with Crippen LogP contribution in [0.3, 0.4) is 0 Å². The standard InChI is InChI=1S/C16H20N2O3S/c1-11-8-13(21-3)4-5-14(11)18-15(19)17-10-16(2,20)12-6-7-22-9-12/h4-9,20H,10H2,1-3H3,(H2,17,18,19). The second-order valence-corrected chi connectivity index (χ2v) is 6.05. The van der Waals surface area contributed by atoms with Gasteiger partial charge in [-0.25, -0.2) is 4.79 Å². The number of anilines is 1. The molecule has 0 saturated carbocycles. The number of hydrogen-bond acceptors (Lipinski definition) is 4. The number of ether oxygens (including phenoxy) is 1. The van der Waals surface area contributed by atoms with Gasteiger partial charge in [-0.15, -0.1) is 0 Å². The molecule has 0 aliphatic carbocycles. The smallest absolute Gasteiger partial charge is 0.319 e. The summed E-state index contributed by atoms with van der Waals surface area (Å²) in [6, 6.07) is 6.90. The van der Waals surface area contributed by atoms with E-state index in [2.05, 4.69) is 10.6 Å². The molecule has 0 fully saturated rings.